The van der Waals surface area contributed by atoms with Crippen LogP contribution >= 0.6 is 0 Å². The molecular weight excluding hydrogens is 391 g/mol. The van der Waals surface area contributed by atoms with Crippen LogP contribution in [0.15, 0.2) is 56.9 Å². The monoisotopic (exact) mass is 401 g/mol. The summed E-state index contributed by atoms with van der Waals surface area (Å²) in [6, 6.07) is 6.57. The van der Waals surface area contributed by atoms with Gasteiger partial charge in [-0.25, -0.2) is 13.2 Å². The number of alkyl halides is 3. The summed E-state index contributed by atoms with van der Waals surface area (Å²) in [4.78, 5) is 24.7. The average molecular weight is 401 g/mol. The Bertz CT molecular complexity index is 1260. The standard InChI is InChI=1S/C15H10F3N3O5S/c16-15(17,18)8-2-1-3-10(6-8)27(25,26)20-9-4-5-11-12(7-9)19-14(23)21(24)13(11)22/h1-7,20,24H,(H,19,23). The highest BCUT2D eigenvalue weighted by Crippen LogP contribution is 2.31. The molecule has 0 unspecified atom stereocenters. The fourth-order valence-corrected chi connectivity index (χ4v) is 3.42. The number of sulfonamides is 1. The number of anilines is 1. The summed E-state index contributed by atoms with van der Waals surface area (Å²) >= 11 is 0. The minimum absolute atomic E-state index is 0.0699. The number of nitrogens with one attached hydrogen (secondary N) is 2. The Balaban J connectivity index is 2.03. The average Bonchev–Trinajstić information content (AvgIpc) is 2.59. The number of hydrogen-bond acceptors (Lipinski definition) is 5. The van der Waals surface area contributed by atoms with Gasteiger partial charge in [-0.15, -0.1) is 0 Å². The molecule has 1 aromatic heterocycles. The number of H-pyrrole nitrogens is 1. The third-order valence-corrected chi connectivity index (χ3v) is 4.98. The van der Waals surface area contributed by atoms with Crippen molar-refractivity contribution < 1.29 is 26.8 Å². The summed E-state index contributed by atoms with van der Waals surface area (Å²) in [7, 11) is -4.37. The highest BCUT2D eigenvalue weighted by atomic mass is 32.2. The summed E-state index contributed by atoms with van der Waals surface area (Å²) in [5, 5.41) is 9.16. The Labute approximate surface area is 148 Å². The molecule has 3 rings (SSSR count). The van der Waals surface area contributed by atoms with Gasteiger partial charge in [-0.3, -0.25) is 9.52 Å². The molecule has 27 heavy (non-hydrogen) atoms. The van der Waals surface area contributed by atoms with Crippen LogP contribution in [0.3, 0.4) is 0 Å². The zero-order valence-electron chi connectivity index (χ0n) is 13.1. The summed E-state index contributed by atoms with van der Waals surface area (Å²) in [5.74, 6) is 0. The van der Waals surface area contributed by atoms with Gasteiger partial charge in [-0.2, -0.15) is 13.2 Å². The molecule has 0 aliphatic carbocycles. The van der Waals surface area contributed by atoms with E-state index in [0.29, 0.717) is 6.07 Å². The SMILES string of the molecule is O=c1[nH]c2cc(NS(=O)(=O)c3cccc(C(F)(F)F)c3)ccc2c(=O)n1O. The quantitative estimate of drug-likeness (QED) is 0.578. The van der Waals surface area contributed by atoms with Gasteiger partial charge in [0, 0.05) is 0 Å². The molecule has 0 aliphatic heterocycles. The van der Waals surface area contributed by atoms with Crippen LogP contribution in [-0.2, 0) is 16.2 Å². The Morgan fingerprint density at radius 2 is 1.78 bits per heavy atom. The van der Waals surface area contributed by atoms with Crippen molar-refractivity contribution in [2.75, 3.05) is 4.72 Å². The van der Waals surface area contributed by atoms with E-state index in [9.17, 15) is 36.4 Å². The molecule has 3 N–H and O–H groups in total. The van der Waals surface area contributed by atoms with Crippen molar-refractivity contribution >= 4 is 26.6 Å². The zero-order chi connectivity index (χ0) is 20.0. The lowest BCUT2D eigenvalue weighted by atomic mass is 10.2. The summed E-state index contributed by atoms with van der Waals surface area (Å²) in [5.41, 5.74) is -3.45. The van der Waals surface area contributed by atoms with Gasteiger partial charge in [0.05, 0.1) is 27.0 Å². The molecule has 0 atom stereocenters. The van der Waals surface area contributed by atoms with Crippen LogP contribution in [-0.4, -0.2) is 23.3 Å². The molecule has 2 aromatic carbocycles. The largest absolute Gasteiger partial charge is 0.421 e. The number of benzene rings is 2. The zero-order valence-corrected chi connectivity index (χ0v) is 13.9. The number of halogens is 3. The smallest absolute Gasteiger partial charge is 0.416 e. The third-order valence-electron chi connectivity index (χ3n) is 3.60. The predicted octanol–water partition coefficient (Wildman–Crippen LogP) is 1.75. The van der Waals surface area contributed by atoms with Gasteiger partial charge in [0.25, 0.3) is 15.6 Å². The highest BCUT2D eigenvalue weighted by molar-refractivity contribution is 7.92. The minimum Gasteiger partial charge on any atom is -0.421 e. The first-order chi connectivity index (χ1) is 12.5. The molecule has 0 saturated heterocycles. The summed E-state index contributed by atoms with van der Waals surface area (Å²) < 4.78 is 64.9. The maximum Gasteiger partial charge on any atom is 0.416 e. The molecule has 0 radical (unpaired) electrons. The Hall–Kier alpha value is -3.28. The molecule has 0 fully saturated rings. The van der Waals surface area contributed by atoms with Gasteiger partial charge in [0.1, 0.15) is 0 Å². The van der Waals surface area contributed by atoms with Crippen molar-refractivity contribution in [3.05, 3.63) is 68.9 Å². The molecular formula is C15H10F3N3O5S. The molecule has 142 valence electrons. The van der Waals surface area contributed by atoms with Crippen molar-refractivity contribution in [1.29, 1.82) is 0 Å². The van der Waals surface area contributed by atoms with Crippen LogP contribution in [0.5, 0.6) is 0 Å². The van der Waals surface area contributed by atoms with E-state index in [4.69, 9.17) is 0 Å². The lowest BCUT2D eigenvalue weighted by Gasteiger charge is -2.11. The number of aromatic nitrogens is 2. The Morgan fingerprint density at radius 1 is 1.07 bits per heavy atom. The third kappa shape index (κ3) is 3.51. The van der Waals surface area contributed by atoms with E-state index >= 15 is 0 Å². The predicted molar refractivity (Wildman–Crippen MR) is 88.3 cm³/mol. The molecule has 12 heteroatoms. The van der Waals surface area contributed by atoms with Crippen LogP contribution in [0, 0.1) is 0 Å². The Morgan fingerprint density at radius 3 is 2.44 bits per heavy atom. The first kappa shape index (κ1) is 18.5. The lowest BCUT2D eigenvalue weighted by Crippen LogP contribution is -2.33. The van der Waals surface area contributed by atoms with Crippen molar-refractivity contribution in [2.45, 2.75) is 11.1 Å². The van der Waals surface area contributed by atoms with E-state index in [0.717, 1.165) is 36.4 Å². The van der Waals surface area contributed by atoms with E-state index in [-0.39, 0.29) is 21.3 Å². The number of nitrogens with zero attached hydrogens (tertiary/aromatic N) is 1. The number of aromatic amines is 1. The number of hydrogen-bond donors (Lipinski definition) is 3. The van der Waals surface area contributed by atoms with Crippen molar-refractivity contribution in [3.63, 3.8) is 0 Å². The fraction of sp³-hybridized carbons (Fsp3) is 0.0667. The topological polar surface area (TPSA) is 121 Å². The minimum atomic E-state index is -4.71. The molecule has 3 aromatic rings. The molecule has 0 spiro atoms. The second kappa shape index (κ2) is 6.16. The van der Waals surface area contributed by atoms with Crippen LogP contribution in [0.4, 0.5) is 18.9 Å². The molecule has 0 aliphatic rings. The van der Waals surface area contributed by atoms with E-state index < -0.39 is 37.9 Å². The summed E-state index contributed by atoms with van der Waals surface area (Å²) in [6.07, 6.45) is -4.71. The molecule has 8 nitrogen and oxygen atoms in total. The maximum absolute atomic E-state index is 12.8. The van der Waals surface area contributed by atoms with Gasteiger partial charge < -0.3 is 10.2 Å². The van der Waals surface area contributed by atoms with Gasteiger partial charge in [-0.05, 0) is 36.4 Å². The lowest BCUT2D eigenvalue weighted by molar-refractivity contribution is -0.137. The number of fused-ring (bicyclic) bond motifs is 1. The van der Waals surface area contributed by atoms with Crippen LogP contribution in [0.25, 0.3) is 10.9 Å². The maximum atomic E-state index is 12.8. The van der Waals surface area contributed by atoms with Crippen LogP contribution < -0.4 is 16.0 Å². The molecule has 1 heterocycles. The van der Waals surface area contributed by atoms with Gasteiger partial charge in [0.15, 0.2) is 0 Å². The Kier molecular flexibility index (Phi) is 4.22. The number of rotatable bonds is 3. The summed E-state index contributed by atoms with van der Waals surface area (Å²) in [6.45, 7) is 0. The van der Waals surface area contributed by atoms with E-state index in [1.807, 2.05) is 0 Å². The van der Waals surface area contributed by atoms with Gasteiger partial charge >= 0.3 is 11.9 Å². The van der Waals surface area contributed by atoms with Crippen molar-refractivity contribution in [1.82, 2.24) is 9.71 Å². The normalized spacial score (nSPS) is 12.3. The second-order valence-electron chi connectivity index (χ2n) is 5.44. The van der Waals surface area contributed by atoms with Gasteiger partial charge in [0.2, 0.25) is 0 Å². The van der Waals surface area contributed by atoms with Crippen LogP contribution in [0.2, 0.25) is 0 Å². The molecule has 0 saturated carbocycles. The van der Waals surface area contributed by atoms with Crippen molar-refractivity contribution in [3.8, 4) is 0 Å². The fourth-order valence-electron chi connectivity index (χ4n) is 2.33. The van der Waals surface area contributed by atoms with E-state index in [1.165, 1.54) is 0 Å². The van der Waals surface area contributed by atoms with Gasteiger partial charge in [-0.1, -0.05) is 10.8 Å². The molecule has 0 bridgehead atoms. The molecule has 0 amide bonds. The second-order valence-corrected chi connectivity index (χ2v) is 7.12. The van der Waals surface area contributed by atoms with E-state index in [1.54, 1.807) is 0 Å². The van der Waals surface area contributed by atoms with Crippen LogP contribution in [0.1, 0.15) is 5.56 Å². The first-order valence-corrected chi connectivity index (χ1v) is 8.66. The van der Waals surface area contributed by atoms with Crippen molar-refractivity contribution in [2.24, 2.45) is 0 Å². The van der Waals surface area contributed by atoms with E-state index in [2.05, 4.69) is 9.71 Å². The first-order valence-electron chi connectivity index (χ1n) is 7.17. The highest BCUT2D eigenvalue weighted by Gasteiger charge is 2.31.